The maximum absolute atomic E-state index is 13.1. The third-order valence-electron chi connectivity index (χ3n) is 2.92. The fraction of sp³-hybridized carbons (Fsp3) is 0.467. The summed E-state index contributed by atoms with van der Waals surface area (Å²) in [7, 11) is 0. The lowest BCUT2D eigenvalue weighted by molar-refractivity contribution is 0.473. The molecule has 0 aliphatic heterocycles. The van der Waals surface area contributed by atoms with Crippen LogP contribution in [0, 0.1) is 11.6 Å². The zero-order valence-electron chi connectivity index (χ0n) is 10.9. The molecule has 0 aromatic heterocycles. The third-order valence-corrected chi connectivity index (χ3v) is 2.92. The van der Waals surface area contributed by atoms with E-state index in [0.29, 0.717) is 6.04 Å². The zero-order valence-corrected chi connectivity index (χ0v) is 10.9. The van der Waals surface area contributed by atoms with Crippen LogP contribution in [0.2, 0.25) is 0 Å². The summed E-state index contributed by atoms with van der Waals surface area (Å²) in [5.74, 6) is -1.56. The van der Waals surface area contributed by atoms with E-state index in [2.05, 4.69) is 11.9 Å². The van der Waals surface area contributed by atoms with Crippen LogP contribution in [-0.4, -0.2) is 12.6 Å². The van der Waals surface area contributed by atoms with E-state index < -0.39 is 11.6 Å². The fourth-order valence-electron chi connectivity index (χ4n) is 2.02. The Morgan fingerprint density at radius 1 is 1.33 bits per heavy atom. The molecule has 1 nitrogen and oxygen atoms in total. The second kappa shape index (κ2) is 7.98. The monoisotopic (exact) mass is 253 g/mol. The van der Waals surface area contributed by atoms with Crippen molar-refractivity contribution in [3.63, 3.8) is 0 Å². The summed E-state index contributed by atoms with van der Waals surface area (Å²) < 4.78 is 25.9. The first kappa shape index (κ1) is 14.8. The molecule has 0 radical (unpaired) electrons. The molecule has 0 amide bonds. The van der Waals surface area contributed by atoms with Crippen LogP contribution in [0.15, 0.2) is 30.9 Å². The molecule has 3 heteroatoms. The molecular formula is C15H21F2N. The predicted molar refractivity (Wildman–Crippen MR) is 71.6 cm³/mol. The lowest BCUT2D eigenvalue weighted by Gasteiger charge is -2.17. The van der Waals surface area contributed by atoms with E-state index in [-0.39, 0.29) is 0 Å². The standard InChI is InChI=1S/C15H21F2N/c1-3-5-6-7-13(18-4-2)10-12-8-9-14(16)15(17)11-12/h3,8-9,11,13,18H,1,4-7,10H2,2H3. The molecule has 0 saturated heterocycles. The number of halogens is 2. The first-order valence-corrected chi connectivity index (χ1v) is 6.45. The van der Waals surface area contributed by atoms with Gasteiger partial charge in [0.05, 0.1) is 0 Å². The van der Waals surface area contributed by atoms with Crippen LogP contribution in [0.3, 0.4) is 0 Å². The number of benzene rings is 1. The minimum atomic E-state index is -0.787. The average Bonchev–Trinajstić information content (AvgIpc) is 2.34. The molecule has 100 valence electrons. The summed E-state index contributed by atoms with van der Waals surface area (Å²) in [6, 6.07) is 4.43. The molecular weight excluding hydrogens is 232 g/mol. The van der Waals surface area contributed by atoms with Crippen molar-refractivity contribution in [2.45, 2.75) is 38.6 Å². The Bertz CT molecular complexity index is 377. The Hall–Kier alpha value is -1.22. The second-order valence-corrected chi connectivity index (χ2v) is 4.43. The van der Waals surface area contributed by atoms with Gasteiger partial charge in [-0.1, -0.05) is 19.1 Å². The number of likely N-dealkylation sites (N-methyl/N-ethyl adjacent to an activating group) is 1. The number of nitrogens with one attached hydrogen (secondary N) is 1. The summed E-state index contributed by atoms with van der Waals surface area (Å²) in [5, 5.41) is 3.37. The van der Waals surface area contributed by atoms with Crippen LogP contribution in [0.4, 0.5) is 8.78 Å². The predicted octanol–water partition coefficient (Wildman–Crippen LogP) is 3.84. The number of hydrogen-bond donors (Lipinski definition) is 1. The molecule has 0 saturated carbocycles. The van der Waals surface area contributed by atoms with Gasteiger partial charge in [-0.25, -0.2) is 8.78 Å². The van der Waals surface area contributed by atoms with E-state index >= 15 is 0 Å². The summed E-state index contributed by atoms with van der Waals surface area (Å²) in [6.45, 7) is 6.62. The second-order valence-electron chi connectivity index (χ2n) is 4.43. The average molecular weight is 253 g/mol. The minimum Gasteiger partial charge on any atom is -0.314 e. The molecule has 1 aromatic rings. The van der Waals surface area contributed by atoms with Crippen molar-refractivity contribution in [2.24, 2.45) is 0 Å². The number of unbranched alkanes of at least 4 members (excludes halogenated alkanes) is 1. The molecule has 0 bridgehead atoms. The van der Waals surface area contributed by atoms with E-state index in [1.165, 1.54) is 12.1 Å². The van der Waals surface area contributed by atoms with Gasteiger partial charge >= 0.3 is 0 Å². The summed E-state index contributed by atoms with van der Waals surface area (Å²) in [4.78, 5) is 0. The molecule has 1 N–H and O–H groups in total. The smallest absolute Gasteiger partial charge is 0.159 e. The van der Waals surface area contributed by atoms with Gasteiger partial charge in [-0.05, 0) is 49.9 Å². The van der Waals surface area contributed by atoms with Crippen molar-refractivity contribution in [1.29, 1.82) is 0 Å². The maximum Gasteiger partial charge on any atom is 0.159 e. The lowest BCUT2D eigenvalue weighted by atomic mass is 10.0. The van der Waals surface area contributed by atoms with Gasteiger partial charge in [0.1, 0.15) is 0 Å². The van der Waals surface area contributed by atoms with Crippen molar-refractivity contribution in [3.05, 3.63) is 48.1 Å². The topological polar surface area (TPSA) is 12.0 Å². The SMILES string of the molecule is C=CCCCC(Cc1ccc(F)c(F)c1)NCC. The number of allylic oxidation sites excluding steroid dienone is 1. The largest absolute Gasteiger partial charge is 0.314 e. The zero-order chi connectivity index (χ0) is 13.4. The van der Waals surface area contributed by atoms with Crippen molar-refractivity contribution in [3.8, 4) is 0 Å². The van der Waals surface area contributed by atoms with E-state index in [1.54, 1.807) is 6.07 Å². The fourth-order valence-corrected chi connectivity index (χ4v) is 2.02. The maximum atomic E-state index is 13.1. The molecule has 0 heterocycles. The van der Waals surface area contributed by atoms with Crippen molar-refractivity contribution in [1.82, 2.24) is 5.32 Å². The highest BCUT2D eigenvalue weighted by Gasteiger charge is 2.10. The van der Waals surface area contributed by atoms with Crippen LogP contribution in [0.5, 0.6) is 0 Å². The first-order valence-electron chi connectivity index (χ1n) is 6.45. The van der Waals surface area contributed by atoms with Crippen molar-refractivity contribution >= 4 is 0 Å². The highest BCUT2D eigenvalue weighted by molar-refractivity contribution is 5.18. The summed E-state index contributed by atoms with van der Waals surface area (Å²) in [5.41, 5.74) is 0.832. The Morgan fingerprint density at radius 3 is 2.72 bits per heavy atom. The van der Waals surface area contributed by atoms with Gasteiger partial charge in [0.25, 0.3) is 0 Å². The van der Waals surface area contributed by atoms with E-state index in [9.17, 15) is 8.78 Å². The summed E-state index contributed by atoms with van der Waals surface area (Å²) >= 11 is 0. The number of hydrogen-bond acceptors (Lipinski definition) is 1. The third kappa shape index (κ3) is 4.96. The first-order chi connectivity index (χ1) is 8.67. The van der Waals surface area contributed by atoms with Gasteiger partial charge < -0.3 is 5.32 Å². The molecule has 0 aliphatic rings. The number of rotatable bonds is 8. The Morgan fingerprint density at radius 2 is 2.11 bits per heavy atom. The van der Waals surface area contributed by atoms with Gasteiger partial charge in [-0.3, -0.25) is 0 Å². The van der Waals surface area contributed by atoms with Crippen molar-refractivity contribution < 1.29 is 8.78 Å². The normalized spacial score (nSPS) is 12.4. The van der Waals surface area contributed by atoms with Crippen LogP contribution < -0.4 is 5.32 Å². The Labute approximate surface area is 108 Å². The van der Waals surface area contributed by atoms with Crippen LogP contribution in [0.25, 0.3) is 0 Å². The molecule has 1 atom stereocenters. The summed E-state index contributed by atoms with van der Waals surface area (Å²) in [6.07, 6.45) is 5.69. The van der Waals surface area contributed by atoms with Crippen LogP contribution in [-0.2, 0) is 6.42 Å². The molecule has 0 fully saturated rings. The van der Waals surface area contributed by atoms with Crippen molar-refractivity contribution in [2.75, 3.05) is 6.54 Å². The molecule has 1 aromatic carbocycles. The van der Waals surface area contributed by atoms with Gasteiger partial charge in [0.15, 0.2) is 11.6 Å². The molecule has 18 heavy (non-hydrogen) atoms. The molecule has 0 spiro atoms. The highest BCUT2D eigenvalue weighted by Crippen LogP contribution is 2.13. The van der Waals surface area contributed by atoms with Crippen LogP contribution in [0.1, 0.15) is 31.7 Å². The molecule has 1 unspecified atom stereocenters. The Kier molecular flexibility index (Phi) is 6.58. The minimum absolute atomic E-state index is 0.305. The van der Waals surface area contributed by atoms with Crippen LogP contribution >= 0.6 is 0 Å². The van der Waals surface area contributed by atoms with E-state index in [0.717, 1.165) is 37.8 Å². The van der Waals surface area contributed by atoms with Gasteiger partial charge in [0, 0.05) is 6.04 Å². The highest BCUT2D eigenvalue weighted by atomic mass is 19.2. The quantitative estimate of drug-likeness (QED) is 0.548. The van der Waals surface area contributed by atoms with E-state index in [4.69, 9.17) is 0 Å². The molecule has 1 rings (SSSR count). The lowest BCUT2D eigenvalue weighted by Crippen LogP contribution is -2.30. The Balaban J connectivity index is 2.58. The van der Waals surface area contributed by atoms with Gasteiger partial charge in [-0.2, -0.15) is 0 Å². The van der Waals surface area contributed by atoms with Gasteiger partial charge in [-0.15, -0.1) is 6.58 Å². The molecule has 0 aliphatic carbocycles. The van der Waals surface area contributed by atoms with Gasteiger partial charge in [0.2, 0.25) is 0 Å². The van der Waals surface area contributed by atoms with E-state index in [1.807, 2.05) is 13.0 Å².